The van der Waals surface area contributed by atoms with Gasteiger partial charge in [-0.2, -0.15) is 0 Å². The summed E-state index contributed by atoms with van der Waals surface area (Å²) in [7, 11) is 1.41. The average molecular weight is 356 g/mol. The molecule has 0 amide bonds. The van der Waals surface area contributed by atoms with Gasteiger partial charge in [-0.3, -0.25) is 10.1 Å². The Morgan fingerprint density at radius 3 is 2.71 bits per heavy atom. The SMILES string of the molecule is COc1cc(COc2cc(Br)ccc2F)cc([N+](=O)[O-])c1. The van der Waals surface area contributed by atoms with E-state index in [9.17, 15) is 14.5 Å². The molecule has 0 unspecified atom stereocenters. The highest BCUT2D eigenvalue weighted by Gasteiger charge is 2.11. The lowest BCUT2D eigenvalue weighted by Gasteiger charge is -2.09. The first kappa shape index (κ1) is 15.2. The van der Waals surface area contributed by atoms with Gasteiger partial charge < -0.3 is 9.47 Å². The molecule has 7 heteroatoms. The maximum atomic E-state index is 13.5. The molecule has 0 bridgehead atoms. The molecule has 110 valence electrons. The zero-order valence-electron chi connectivity index (χ0n) is 11.0. The van der Waals surface area contributed by atoms with E-state index in [2.05, 4.69) is 15.9 Å². The predicted octanol–water partition coefficient (Wildman–Crippen LogP) is 4.08. The second-order valence-corrected chi connectivity index (χ2v) is 5.08. The van der Waals surface area contributed by atoms with Gasteiger partial charge in [0.05, 0.1) is 18.1 Å². The molecule has 0 atom stereocenters. The van der Waals surface area contributed by atoms with Crippen LogP contribution in [0.4, 0.5) is 10.1 Å². The van der Waals surface area contributed by atoms with Crippen LogP contribution in [0.1, 0.15) is 5.56 Å². The molecular formula is C14H11BrFNO4. The molecule has 0 radical (unpaired) electrons. The molecule has 0 aliphatic carbocycles. The maximum absolute atomic E-state index is 13.5. The van der Waals surface area contributed by atoms with E-state index in [1.807, 2.05) is 0 Å². The van der Waals surface area contributed by atoms with Gasteiger partial charge in [-0.15, -0.1) is 0 Å². The van der Waals surface area contributed by atoms with Crippen molar-refractivity contribution in [2.45, 2.75) is 6.61 Å². The fourth-order valence-corrected chi connectivity index (χ4v) is 2.04. The molecule has 0 saturated heterocycles. The second-order valence-electron chi connectivity index (χ2n) is 4.16. The smallest absolute Gasteiger partial charge is 0.273 e. The van der Waals surface area contributed by atoms with Gasteiger partial charge in [0.1, 0.15) is 12.4 Å². The molecular weight excluding hydrogens is 345 g/mol. The van der Waals surface area contributed by atoms with E-state index in [-0.39, 0.29) is 18.0 Å². The van der Waals surface area contributed by atoms with Gasteiger partial charge in [0.2, 0.25) is 0 Å². The summed E-state index contributed by atoms with van der Waals surface area (Å²) in [6.07, 6.45) is 0. The molecule has 0 spiro atoms. The van der Waals surface area contributed by atoms with Crippen LogP contribution in [0.25, 0.3) is 0 Å². The Balaban J connectivity index is 2.21. The standard InChI is InChI=1S/C14H11BrFNO4/c1-20-12-5-9(4-11(7-12)17(18)19)8-21-14-6-10(15)2-3-13(14)16/h2-7H,8H2,1H3. The van der Waals surface area contributed by atoms with Gasteiger partial charge in [0, 0.05) is 10.5 Å². The third-order valence-corrected chi connectivity index (χ3v) is 3.18. The predicted molar refractivity (Wildman–Crippen MR) is 78.1 cm³/mol. The number of rotatable bonds is 5. The molecule has 0 heterocycles. The lowest BCUT2D eigenvalue weighted by molar-refractivity contribution is -0.385. The van der Waals surface area contributed by atoms with E-state index in [1.54, 1.807) is 12.1 Å². The summed E-state index contributed by atoms with van der Waals surface area (Å²) in [5.41, 5.74) is 0.406. The molecule has 0 aliphatic rings. The number of hydrogen-bond donors (Lipinski definition) is 0. The number of hydrogen-bond acceptors (Lipinski definition) is 4. The number of benzene rings is 2. The van der Waals surface area contributed by atoms with Crippen molar-refractivity contribution in [2.24, 2.45) is 0 Å². The quantitative estimate of drug-likeness (QED) is 0.598. The molecule has 0 fully saturated rings. The highest BCUT2D eigenvalue weighted by molar-refractivity contribution is 9.10. The number of non-ortho nitro benzene ring substituents is 1. The molecule has 2 aromatic rings. The van der Waals surface area contributed by atoms with Crippen LogP contribution in [0, 0.1) is 15.9 Å². The Labute approximate surface area is 128 Å². The molecule has 2 rings (SSSR count). The fraction of sp³-hybridized carbons (Fsp3) is 0.143. The Morgan fingerprint density at radius 1 is 1.29 bits per heavy atom. The summed E-state index contributed by atoms with van der Waals surface area (Å²) in [5, 5.41) is 10.8. The molecule has 0 N–H and O–H groups in total. The van der Waals surface area contributed by atoms with Crippen LogP contribution in [-0.2, 0) is 6.61 Å². The van der Waals surface area contributed by atoms with Crippen molar-refractivity contribution in [1.82, 2.24) is 0 Å². The van der Waals surface area contributed by atoms with Crippen LogP contribution < -0.4 is 9.47 Å². The fourth-order valence-electron chi connectivity index (χ4n) is 1.70. The largest absolute Gasteiger partial charge is 0.496 e. The minimum Gasteiger partial charge on any atom is -0.496 e. The minimum absolute atomic E-state index is 0.00852. The van der Waals surface area contributed by atoms with Crippen molar-refractivity contribution >= 4 is 21.6 Å². The first-order valence-electron chi connectivity index (χ1n) is 5.90. The highest BCUT2D eigenvalue weighted by Crippen LogP contribution is 2.26. The lowest BCUT2D eigenvalue weighted by Crippen LogP contribution is -2.00. The zero-order valence-corrected chi connectivity index (χ0v) is 12.6. The van der Waals surface area contributed by atoms with Crippen molar-refractivity contribution in [1.29, 1.82) is 0 Å². The van der Waals surface area contributed by atoms with Crippen LogP contribution in [0.2, 0.25) is 0 Å². The number of nitro benzene ring substituents is 1. The normalized spacial score (nSPS) is 10.2. The van der Waals surface area contributed by atoms with Gasteiger partial charge in [-0.25, -0.2) is 4.39 Å². The highest BCUT2D eigenvalue weighted by atomic mass is 79.9. The maximum Gasteiger partial charge on any atom is 0.273 e. The number of methoxy groups -OCH3 is 1. The Kier molecular flexibility index (Phi) is 4.74. The van der Waals surface area contributed by atoms with Crippen LogP contribution in [0.15, 0.2) is 40.9 Å². The molecule has 0 aromatic heterocycles. The first-order chi connectivity index (χ1) is 9.99. The van der Waals surface area contributed by atoms with E-state index < -0.39 is 10.7 Å². The number of halogens is 2. The monoisotopic (exact) mass is 355 g/mol. The zero-order chi connectivity index (χ0) is 15.4. The third-order valence-electron chi connectivity index (χ3n) is 2.69. The molecule has 21 heavy (non-hydrogen) atoms. The van der Waals surface area contributed by atoms with Gasteiger partial charge in [0.15, 0.2) is 11.6 Å². The van der Waals surface area contributed by atoms with Crippen molar-refractivity contribution in [2.75, 3.05) is 7.11 Å². The molecule has 5 nitrogen and oxygen atoms in total. The average Bonchev–Trinajstić information content (AvgIpc) is 2.47. The summed E-state index contributed by atoms with van der Waals surface area (Å²) < 4.78 is 24.6. The number of ether oxygens (including phenoxy) is 2. The first-order valence-corrected chi connectivity index (χ1v) is 6.69. The number of nitro groups is 1. The molecule has 2 aromatic carbocycles. The van der Waals surface area contributed by atoms with Crippen molar-refractivity contribution in [3.8, 4) is 11.5 Å². The van der Waals surface area contributed by atoms with Crippen LogP contribution >= 0.6 is 15.9 Å². The molecule has 0 saturated carbocycles. The minimum atomic E-state index is -0.522. The summed E-state index contributed by atoms with van der Waals surface area (Å²) in [5.74, 6) is -0.0945. The third kappa shape index (κ3) is 3.91. The second kappa shape index (κ2) is 6.53. The summed E-state index contributed by atoms with van der Waals surface area (Å²) in [6, 6.07) is 8.58. The lowest BCUT2D eigenvalue weighted by atomic mass is 10.2. The van der Waals surface area contributed by atoms with E-state index in [1.165, 1.54) is 31.4 Å². The van der Waals surface area contributed by atoms with Crippen LogP contribution in [-0.4, -0.2) is 12.0 Å². The van der Waals surface area contributed by atoms with E-state index >= 15 is 0 Å². The van der Waals surface area contributed by atoms with Crippen molar-refractivity contribution in [3.05, 3.63) is 62.4 Å². The summed E-state index contributed by atoms with van der Waals surface area (Å²) in [4.78, 5) is 10.3. The Hall–Kier alpha value is -2.15. The van der Waals surface area contributed by atoms with Gasteiger partial charge in [-0.1, -0.05) is 15.9 Å². The molecule has 0 aliphatic heterocycles. The Morgan fingerprint density at radius 2 is 2.05 bits per heavy atom. The van der Waals surface area contributed by atoms with Crippen molar-refractivity contribution in [3.63, 3.8) is 0 Å². The topological polar surface area (TPSA) is 61.6 Å². The van der Waals surface area contributed by atoms with Crippen molar-refractivity contribution < 1.29 is 18.8 Å². The van der Waals surface area contributed by atoms with Gasteiger partial charge in [0.25, 0.3) is 5.69 Å². The Bertz CT molecular complexity index is 678. The van der Waals surface area contributed by atoms with E-state index in [0.29, 0.717) is 15.8 Å². The number of nitrogens with zero attached hydrogens (tertiary/aromatic N) is 1. The van der Waals surface area contributed by atoms with E-state index in [4.69, 9.17) is 9.47 Å². The summed E-state index contributed by atoms with van der Waals surface area (Å²) in [6.45, 7) is -0.00852. The van der Waals surface area contributed by atoms with Gasteiger partial charge in [-0.05, 0) is 29.8 Å². The van der Waals surface area contributed by atoms with E-state index in [0.717, 1.165) is 0 Å². The summed E-state index contributed by atoms with van der Waals surface area (Å²) >= 11 is 3.22. The van der Waals surface area contributed by atoms with Crippen LogP contribution in [0.3, 0.4) is 0 Å². The van der Waals surface area contributed by atoms with Crippen LogP contribution in [0.5, 0.6) is 11.5 Å². The van der Waals surface area contributed by atoms with Gasteiger partial charge >= 0.3 is 0 Å².